The number of thiazole rings is 1. The van der Waals surface area contributed by atoms with Crippen LogP contribution in [0.5, 0.6) is 0 Å². The Morgan fingerprint density at radius 1 is 1.15 bits per heavy atom. The molecule has 3 aromatic heterocycles. The van der Waals surface area contributed by atoms with Gasteiger partial charge in [0.15, 0.2) is 17.5 Å². The van der Waals surface area contributed by atoms with E-state index in [0.717, 1.165) is 22.5 Å². The second-order valence-corrected chi connectivity index (χ2v) is 6.94. The van der Waals surface area contributed by atoms with Crippen LogP contribution in [-0.4, -0.2) is 38.8 Å². The first-order valence-electron chi connectivity index (χ1n) is 8.31. The Labute approximate surface area is 160 Å². The molecule has 1 aromatic carbocycles. The van der Waals surface area contributed by atoms with Crippen LogP contribution in [0.15, 0.2) is 53.6 Å². The zero-order chi connectivity index (χ0) is 18.8. The van der Waals surface area contributed by atoms with Crippen molar-refractivity contribution in [3.05, 3.63) is 65.1 Å². The lowest BCUT2D eigenvalue weighted by Gasteiger charge is -2.13. The van der Waals surface area contributed by atoms with E-state index >= 15 is 0 Å². The van der Waals surface area contributed by atoms with Crippen LogP contribution in [0.1, 0.15) is 5.69 Å². The monoisotopic (exact) mass is 380 g/mol. The van der Waals surface area contributed by atoms with Crippen molar-refractivity contribution in [2.24, 2.45) is 0 Å². The number of nitrogens with zero attached hydrogens (tertiary/aromatic N) is 6. The topological polar surface area (TPSA) is 59.7 Å². The van der Waals surface area contributed by atoms with Crippen molar-refractivity contribution in [2.75, 3.05) is 19.0 Å². The van der Waals surface area contributed by atoms with Crippen molar-refractivity contribution in [1.82, 2.24) is 24.7 Å². The number of halogens is 1. The molecule has 6 nitrogen and oxygen atoms in total. The molecule has 0 atom stereocenters. The number of rotatable bonds is 5. The lowest BCUT2D eigenvalue weighted by molar-refractivity contribution is 0.612. The van der Waals surface area contributed by atoms with E-state index in [2.05, 4.69) is 20.1 Å². The molecule has 0 spiro atoms. The maximum Gasteiger partial charge on any atom is 0.183 e. The summed E-state index contributed by atoms with van der Waals surface area (Å²) in [6.45, 7) is 0.635. The summed E-state index contributed by atoms with van der Waals surface area (Å²) < 4.78 is 15.7. The minimum Gasteiger partial charge on any atom is -0.360 e. The Hall–Kier alpha value is -3.13. The van der Waals surface area contributed by atoms with Crippen LogP contribution >= 0.6 is 11.3 Å². The van der Waals surface area contributed by atoms with Gasteiger partial charge in [0.25, 0.3) is 0 Å². The van der Waals surface area contributed by atoms with E-state index in [1.54, 1.807) is 30.3 Å². The first kappa shape index (κ1) is 17.3. The molecule has 136 valence electrons. The molecule has 27 heavy (non-hydrogen) atoms. The predicted octanol–water partition coefficient (Wildman–Crippen LogP) is 3.72. The molecule has 8 heteroatoms. The van der Waals surface area contributed by atoms with Crippen molar-refractivity contribution in [2.45, 2.75) is 6.54 Å². The van der Waals surface area contributed by atoms with E-state index in [4.69, 9.17) is 0 Å². The molecule has 0 aliphatic carbocycles. The fourth-order valence-electron chi connectivity index (χ4n) is 2.71. The van der Waals surface area contributed by atoms with Gasteiger partial charge in [0.05, 0.1) is 29.6 Å². The zero-order valence-corrected chi connectivity index (χ0v) is 15.7. The highest BCUT2D eigenvalue weighted by molar-refractivity contribution is 7.07. The molecule has 4 rings (SSSR count). The third-order valence-corrected chi connectivity index (χ3v) is 4.65. The standard InChI is InChI=1S/C19H17FN6S/c1-25(2)19-16(20)9-21-18(23-19)14-5-3-4-13(8-14)17-6-7-26(24-17)10-15-11-27-12-22-15/h3-9,11-12H,10H2,1-2H3. The fourth-order valence-corrected chi connectivity index (χ4v) is 3.26. The van der Waals surface area contributed by atoms with Gasteiger partial charge in [-0.15, -0.1) is 11.3 Å². The summed E-state index contributed by atoms with van der Waals surface area (Å²) >= 11 is 1.57. The first-order chi connectivity index (χ1) is 13.1. The third kappa shape index (κ3) is 3.70. The number of benzene rings is 1. The van der Waals surface area contributed by atoms with E-state index in [-0.39, 0.29) is 5.82 Å². The van der Waals surface area contributed by atoms with Gasteiger partial charge in [-0.05, 0) is 12.1 Å². The maximum absolute atomic E-state index is 13.9. The van der Waals surface area contributed by atoms with Crippen molar-refractivity contribution in [3.63, 3.8) is 0 Å². The molecule has 0 N–H and O–H groups in total. The molecule has 0 saturated heterocycles. The molecule has 0 radical (unpaired) electrons. The average Bonchev–Trinajstić information content (AvgIpc) is 3.34. The van der Waals surface area contributed by atoms with Crippen LogP contribution in [0.4, 0.5) is 10.2 Å². The molecular formula is C19H17FN6S. The minimum atomic E-state index is -0.444. The van der Waals surface area contributed by atoms with Crippen LogP contribution in [0.2, 0.25) is 0 Å². The van der Waals surface area contributed by atoms with E-state index in [1.165, 1.54) is 6.20 Å². The third-order valence-electron chi connectivity index (χ3n) is 4.01. The van der Waals surface area contributed by atoms with Gasteiger partial charge in [0.1, 0.15) is 0 Å². The van der Waals surface area contributed by atoms with E-state index in [9.17, 15) is 4.39 Å². The fraction of sp³-hybridized carbons (Fsp3) is 0.158. The molecule has 0 fully saturated rings. The minimum absolute atomic E-state index is 0.262. The summed E-state index contributed by atoms with van der Waals surface area (Å²) in [4.78, 5) is 14.4. The van der Waals surface area contributed by atoms with Crippen LogP contribution in [0.25, 0.3) is 22.6 Å². The van der Waals surface area contributed by atoms with Crippen molar-refractivity contribution in [1.29, 1.82) is 0 Å². The van der Waals surface area contributed by atoms with Crippen molar-refractivity contribution >= 4 is 17.2 Å². The molecule has 0 aliphatic rings. The smallest absolute Gasteiger partial charge is 0.183 e. The zero-order valence-electron chi connectivity index (χ0n) is 14.9. The number of hydrogen-bond donors (Lipinski definition) is 0. The summed E-state index contributed by atoms with van der Waals surface area (Å²) in [5.74, 6) is 0.294. The molecular weight excluding hydrogens is 363 g/mol. The van der Waals surface area contributed by atoms with Crippen molar-refractivity contribution in [3.8, 4) is 22.6 Å². The molecule has 0 aliphatic heterocycles. The lowest BCUT2D eigenvalue weighted by Crippen LogP contribution is -2.13. The van der Waals surface area contributed by atoms with Gasteiger partial charge in [-0.25, -0.2) is 19.3 Å². The largest absolute Gasteiger partial charge is 0.360 e. The second kappa shape index (κ2) is 7.24. The van der Waals surface area contributed by atoms with Gasteiger partial charge in [-0.2, -0.15) is 5.10 Å². The Morgan fingerprint density at radius 3 is 2.78 bits per heavy atom. The summed E-state index contributed by atoms with van der Waals surface area (Å²) in [6, 6.07) is 9.73. The highest BCUT2D eigenvalue weighted by Crippen LogP contribution is 2.25. The van der Waals surface area contributed by atoms with Gasteiger partial charge in [-0.1, -0.05) is 18.2 Å². The molecule has 0 saturated carbocycles. The molecule has 0 amide bonds. The number of aromatic nitrogens is 5. The van der Waals surface area contributed by atoms with Crippen LogP contribution < -0.4 is 4.90 Å². The Balaban J connectivity index is 1.63. The highest BCUT2D eigenvalue weighted by Gasteiger charge is 2.12. The summed E-state index contributed by atoms with van der Waals surface area (Å²) in [5.41, 5.74) is 5.41. The van der Waals surface area contributed by atoms with Crippen LogP contribution in [0.3, 0.4) is 0 Å². The first-order valence-corrected chi connectivity index (χ1v) is 9.25. The summed E-state index contributed by atoms with van der Waals surface area (Å²) in [7, 11) is 3.50. The average molecular weight is 380 g/mol. The van der Waals surface area contributed by atoms with Gasteiger partial charge in [-0.3, -0.25) is 4.68 Å². The molecule has 3 heterocycles. The second-order valence-electron chi connectivity index (χ2n) is 6.22. The van der Waals surface area contributed by atoms with Crippen molar-refractivity contribution < 1.29 is 4.39 Å². The van der Waals surface area contributed by atoms with Crippen LogP contribution in [0, 0.1) is 5.82 Å². The Kier molecular flexibility index (Phi) is 4.64. The van der Waals surface area contributed by atoms with Crippen LogP contribution in [-0.2, 0) is 6.54 Å². The normalized spacial score (nSPS) is 10.9. The molecule has 4 aromatic rings. The van der Waals surface area contributed by atoms with Gasteiger partial charge in [0, 0.05) is 36.8 Å². The van der Waals surface area contributed by atoms with E-state index in [0.29, 0.717) is 12.4 Å². The number of hydrogen-bond acceptors (Lipinski definition) is 6. The SMILES string of the molecule is CN(C)c1nc(-c2cccc(-c3ccn(Cc4cscn4)n3)c2)ncc1F. The molecule has 0 bridgehead atoms. The Morgan fingerprint density at radius 2 is 2.00 bits per heavy atom. The lowest BCUT2D eigenvalue weighted by atomic mass is 10.1. The van der Waals surface area contributed by atoms with E-state index < -0.39 is 5.82 Å². The van der Waals surface area contributed by atoms with Gasteiger partial charge in [0.2, 0.25) is 0 Å². The summed E-state index contributed by atoms with van der Waals surface area (Å²) in [6.07, 6.45) is 3.13. The summed E-state index contributed by atoms with van der Waals surface area (Å²) in [5, 5.41) is 6.63. The number of anilines is 1. The maximum atomic E-state index is 13.9. The quantitative estimate of drug-likeness (QED) is 0.528. The van der Waals surface area contributed by atoms with Gasteiger partial charge < -0.3 is 4.90 Å². The molecule has 0 unspecified atom stereocenters. The van der Waals surface area contributed by atoms with Gasteiger partial charge >= 0.3 is 0 Å². The van der Waals surface area contributed by atoms with E-state index in [1.807, 2.05) is 52.1 Å². The highest BCUT2D eigenvalue weighted by atomic mass is 32.1. The Bertz CT molecular complexity index is 1060. The predicted molar refractivity (Wildman–Crippen MR) is 104 cm³/mol.